The van der Waals surface area contributed by atoms with Crippen molar-refractivity contribution >= 4 is 0 Å². The lowest BCUT2D eigenvalue weighted by Gasteiger charge is -2.31. The third-order valence-electron chi connectivity index (χ3n) is 3.30. The van der Waals surface area contributed by atoms with Crippen LogP contribution in [0.15, 0.2) is 18.2 Å². The maximum absolute atomic E-state index is 5.85. The van der Waals surface area contributed by atoms with Gasteiger partial charge in [-0.2, -0.15) is 0 Å². The van der Waals surface area contributed by atoms with E-state index in [-0.39, 0.29) is 6.10 Å². The summed E-state index contributed by atoms with van der Waals surface area (Å²) < 4.78 is 11.6. The number of rotatable bonds is 4. The lowest BCUT2D eigenvalue weighted by Crippen LogP contribution is -2.44. The van der Waals surface area contributed by atoms with Crippen molar-refractivity contribution in [3.8, 4) is 5.75 Å². The molecule has 18 heavy (non-hydrogen) atoms. The van der Waals surface area contributed by atoms with E-state index in [0.29, 0.717) is 6.61 Å². The summed E-state index contributed by atoms with van der Waals surface area (Å²) in [7, 11) is 0. The summed E-state index contributed by atoms with van der Waals surface area (Å²) >= 11 is 0. The standard InChI is InChI=1S/C15H23NO2/c1-4-16-5-6-17-15(10-16)11-18-14-8-12(2)7-13(3)9-14/h7-9,15H,4-6,10-11H2,1-3H3. The van der Waals surface area contributed by atoms with E-state index in [9.17, 15) is 0 Å². The number of morpholine rings is 1. The molecule has 1 aromatic carbocycles. The van der Waals surface area contributed by atoms with Gasteiger partial charge >= 0.3 is 0 Å². The lowest BCUT2D eigenvalue weighted by atomic mass is 10.1. The van der Waals surface area contributed by atoms with Crippen molar-refractivity contribution in [1.82, 2.24) is 4.90 Å². The van der Waals surface area contributed by atoms with Gasteiger partial charge in [0.15, 0.2) is 0 Å². The van der Waals surface area contributed by atoms with Crippen LogP contribution in [0, 0.1) is 13.8 Å². The highest BCUT2D eigenvalue weighted by atomic mass is 16.5. The number of aryl methyl sites for hydroxylation is 2. The van der Waals surface area contributed by atoms with Gasteiger partial charge in [0, 0.05) is 13.1 Å². The Labute approximate surface area is 110 Å². The summed E-state index contributed by atoms with van der Waals surface area (Å²) in [6, 6.07) is 6.31. The van der Waals surface area contributed by atoms with Crippen LogP contribution in [0.5, 0.6) is 5.75 Å². The molecule has 0 aromatic heterocycles. The van der Waals surface area contributed by atoms with Gasteiger partial charge in [0.25, 0.3) is 0 Å². The summed E-state index contributed by atoms with van der Waals surface area (Å²) in [6.07, 6.45) is 0.194. The molecule has 0 spiro atoms. The van der Waals surface area contributed by atoms with E-state index in [1.54, 1.807) is 0 Å². The van der Waals surface area contributed by atoms with E-state index < -0.39 is 0 Å². The van der Waals surface area contributed by atoms with Crippen LogP contribution in [0.2, 0.25) is 0 Å². The van der Waals surface area contributed by atoms with Crippen LogP contribution < -0.4 is 4.74 Å². The quantitative estimate of drug-likeness (QED) is 0.818. The van der Waals surface area contributed by atoms with Crippen molar-refractivity contribution in [3.05, 3.63) is 29.3 Å². The predicted molar refractivity (Wildman–Crippen MR) is 73.3 cm³/mol. The minimum absolute atomic E-state index is 0.194. The molecule has 0 aliphatic carbocycles. The second-order valence-electron chi connectivity index (χ2n) is 5.02. The Kier molecular flexibility index (Phi) is 4.61. The Balaban J connectivity index is 1.87. The zero-order valence-corrected chi connectivity index (χ0v) is 11.6. The van der Waals surface area contributed by atoms with Crippen molar-refractivity contribution in [1.29, 1.82) is 0 Å². The molecule has 0 N–H and O–H groups in total. The highest BCUT2D eigenvalue weighted by Gasteiger charge is 2.19. The van der Waals surface area contributed by atoms with Crippen LogP contribution in [-0.2, 0) is 4.74 Å². The first-order valence-corrected chi connectivity index (χ1v) is 6.72. The first-order valence-electron chi connectivity index (χ1n) is 6.72. The van der Waals surface area contributed by atoms with Crippen LogP contribution >= 0.6 is 0 Å². The molecule has 0 saturated carbocycles. The molecule has 1 aliphatic heterocycles. The van der Waals surface area contributed by atoms with Crippen LogP contribution in [0.25, 0.3) is 0 Å². The summed E-state index contributed by atoms with van der Waals surface area (Å²) in [5, 5.41) is 0. The van der Waals surface area contributed by atoms with Gasteiger partial charge in [-0.15, -0.1) is 0 Å². The summed E-state index contributed by atoms with van der Waals surface area (Å²) in [6.45, 7) is 10.9. The molecule has 0 radical (unpaired) electrons. The molecule has 1 aromatic rings. The van der Waals surface area contributed by atoms with Gasteiger partial charge in [0.05, 0.1) is 6.61 Å². The van der Waals surface area contributed by atoms with Crippen molar-refractivity contribution < 1.29 is 9.47 Å². The fourth-order valence-electron chi connectivity index (χ4n) is 2.37. The normalized spacial score (nSPS) is 20.9. The largest absolute Gasteiger partial charge is 0.491 e. The van der Waals surface area contributed by atoms with Crippen molar-refractivity contribution in [2.75, 3.05) is 32.8 Å². The summed E-state index contributed by atoms with van der Waals surface area (Å²) in [5.41, 5.74) is 2.48. The third-order valence-corrected chi connectivity index (χ3v) is 3.30. The van der Waals surface area contributed by atoms with Gasteiger partial charge in [-0.3, -0.25) is 4.90 Å². The molecule has 1 aliphatic rings. The van der Waals surface area contributed by atoms with E-state index in [2.05, 4.69) is 43.9 Å². The maximum atomic E-state index is 5.85. The van der Waals surface area contributed by atoms with E-state index in [1.165, 1.54) is 11.1 Å². The molecule has 100 valence electrons. The average Bonchev–Trinajstić information content (AvgIpc) is 2.35. The number of benzene rings is 1. The molecule has 1 unspecified atom stereocenters. The fraction of sp³-hybridized carbons (Fsp3) is 0.600. The monoisotopic (exact) mass is 249 g/mol. The maximum Gasteiger partial charge on any atom is 0.119 e. The zero-order chi connectivity index (χ0) is 13.0. The number of hydrogen-bond acceptors (Lipinski definition) is 3. The smallest absolute Gasteiger partial charge is 0.119 e. The second kappa shape index (κ2) is 6.21. The molecule has 1 heterocycles. The van der Waals surface area contributed by atoms with Gasteiger partial charge in [-0.1, -0.05) is 13.0 Å². The Bertz CT molecular complexity index is 372. The Hall–Kier alpha value is -1.06. The number of nitrogens with zero attached hydrogens (tertiary/aromatic N) is 1. The minimum Gasteiger partial charge on any atom is -0.491 e. The summed E-state index contributed by atoms with van der Waals surface area (Å²) in [4.78, 5) is 2.40. The van der Waals surface area contributed by atoms with Gasteiger partial charge in [-0.25, -0.2) is 0 Å². The number of hydrogen-bond donors (Lipinski definition) is 0. The van der Waals surface area contributed by atoms with Crippen molar-refractivity contribution in [2.45, 2.75) is 26.9 Å². The van der Waals surface area contributed by atoms with Crippen LogP contribution in [-0.4, -0.2) is 43.9 Å². The van der Waals surface area contributed by atoms with Crippen LogP contribution in [0.1, 0.15) is 18.1 Å². The molecular weight excluding hydrogens is 226 g/mol. The van der Waals surface area contributed by atoms with Crippen molar-refractivity contribution in [2.24, 2.45) is 0 Å². The summed E-state index contributed by atoms with van der Waals surface area (Å²) in [5.74, 6) is 0.949. The first kappa shape index (κ1) is 13.4. The molecule has 1 atom stereocenters. The van der Waals surface area contributed by atoms with Gasteiger partial charge in [-0.05, 0) is 43.7 Å². The topological polar surface area (TPSA) is 21.7 Å². The zero-order valence-electron chi connectivity index (χ0n) is 11.6. The van der Waals surface area contributed by atoms with E-state index >= 15 is 0 Å². The SMILES string of the molecule is CCN1CCOC(COc2cc(C)cc(C)c2)C1. The molecule has 2 rings (SSSR count). The molecular formula is C15H23NO2. The van der Waals surface area contributed by atoms with Crippen molar-refractivity contribution in [3.63, 3.8) is 0 Å². The number of likely N-dealkylation sites (N-methyl/N-ethyl adjacent to an activating group) is 1. The van der Waals surface area contributed by atoms with Crippen LogP contribution in [0.3, 0.4) is 0 Å². The third kappa shape index (κ3) is 3.72. The molecule has 0 amide bonds. The van der Waals surface area contributed by atoms with E-state index in [1.807, 2.05) is 0 Å². The molecule has 3 nitrogen and oxygen atoms in total. The fourth-order valence-corrected chi connectivity index (χ4v) is 2.37. The Morgan fingerprint density at radius 3 is 2.67 bits per heavy atom. The lowest BCUT2D eigenvalue weighted by molar-refractivity contribution is -0.0464. The van der Waals surface area contributed by atoms with Gasteiger partial charge < -0.3 is 9.47 Å². The number of ether oxygens (including phenoxy) is 2. The van der Waals surface area contributed by atoms with Gasteiger partial charge in [0.1, 0.15) is 18.5 Å². The molecule has 0 bridgehead atoms. The first-order chi connectivity index (χ1) is 8.67. The predicted octanol–water partition coefficient (Wildman–Crippen LogP) is 2.40. The highest BCUT2D eigenvalue weighted by molar-refractivity contribution is 5.32. The van der Waals surface area contributed by atoms with E-state index in [4.69, 9.17) is 9.47 Å². The average molecular weight is 249 g/mol. The second-order valence-corrected chi connectivity index (χ2v) is 5.02. The van der Waals surface area contributed by atoms with Crippen LogP contribution in [0.4, 0.5) is 0 Å². The Morgan fingerprint density at radius 2 is 2.00 bits per heavy atom. The van der Waals surface area contributed by atoms with E-state index in [0.717, 1.165) is 32.0 Å². The molecule has 1 saturated heterocycles. The minimum atomic E-state index is 0.194. The molecule has 1 fully saturated rings. The highest BCUT2D eigenvalue weighted by Crippen LogP contribution is 2.17. The molecule has 3 heteroatoms. The van der Waals surface area contributed by atoms with Gasteiger partial charge in [0.2, 0.25) is 0 Å². The Morgan fingerprint density at radius 1 is 1.28 bits per heavy atom.